The summed E-state index contributed by atoms with van der Waals surface area (Å²) in [5, 5.41) is 2.48. The number of hydrazine groups is 1. The molecule has 8 heteroatoms. The fourth-order valence-corrected chi connectivity index (χ4v) is 2.94. The van der Waals surface area contributed by atoms with E-state index in [1.165, 1.54) is 0 Å². The van der Waals surface area contributed by atoms with Crippen molar-refractivity contribution in [3.8, 4) is 11.5 Å². The van der Waals surface area contributed by atoms with E-state index in [1.807, 2.05) is 44.2 Å². The molecule has 0 heterocycles. The van der Waals surface area contributed by atoms with Crippen LogP contribution in [-0.4, -0.2) is 23.0 Å². The normalized spacial score (nSPS) is 10.3. The summed E-state index contributed by atoms with van der Waals surface area (Å²) in [6, 6.07) is 23.2. The molecule has 0 atom stereocenters. The second kappa shape index (κ2) is 11.6. The lowest BCUT2D eigenvalue weighted by Crippen LogP contribution is -2.48. The quantitative estimate of drug-likeness (QED) is 0.363. The van der Waals surface area contributed by atoms with Crippen LogP contribution in [0.15, 0.2) is 78.9 Å². The lowest BCUT2D eigenvalue weighted by molar-refractivity contribution is 0.0934. The molecule has 3 N–H and O–H groups in total. The second-order valence-electron chi connectivity index (χ2n) is 7.35. The fourth-order valence-electron chi connectivity index (χ4n) is 2.79. The van der Waals surface area contributed by atoms with Crippen LogP contribution in [0.3, 0.4) is 0 Å². The Balaban J connectivity index is 1.43. The SMILES string of the molecule is CC(C)Oc1ccc(C(=O)NC(=S)NNC(=O)c2ccc(OCc3ccccc3)cc2)cc1. The molecule has 0 fully saturated rings. The molecule has 0 aliphatic carbocycles. The highest BCUT2D eigenvalue weighted by Crippen LogP contribution is 2.15. The number of carbonyl (C=O) groups is 2. The van der Waals surface area contributed by atoms with Crippen molar-refractivity contribution >= 4 is 29.1 Å². The van der Waals surface area contributed by atoms with Crippen molar-refractivity contribution in [1.82, 2.24) is 16.2 Å². The number of thiocarbonyl (C=S) groups is 1. The first-order chi connectivity index (χ1) is 15.9. The number of ether oxygens (including phenoxy) is 2. The minimum atomic E-state index is -0.406. The molecule has 3 rings (SSSR count). The molecule has 0 saturated heterocycles. The van der Waals surface area contributed by atoms with Gasteiger partial charge in [0.15, 0.2) is 5.11 Å². The number of amides is 2. The molecule has 33 heavy (non-hydrogen) atoms. The summed E-state index contributed by atoms with van der Waals surface area (Å²) in [6.45, 7) is 4.29. The largest absolute Gasteiger partial charge is 0.491 e. The lowest BCUT2D eigenvalue weighted by atomic mass is 10.2. The van der Waals surface area contributed by atoms with E-state index < -0.39 is 11.8 Å². The summed E-state index contributed by atoms with van der Waals surface area (Å²) in [5.41, 5.74) is 6.85. The van der Waals surface area contributed by atoms with Gasteiger partial charge in [-0.2, -0.15) is 0 Å². The Labute approximate surface area is 198 Å². The van der Waals surface area contributed by atoms with Gasteiger partial charge in [0.25, 0.3) is 11.8 Å². The van der Waals surface area contributed by atoms with E-state index in [2.05, 4.69) is 16.2 Å². The highest BCUT2D eigenvalue weighted by Gasteiger charge is 2.10. The maximum absolute atomic E-state index is 12.3. The van der Waals surface area contributed by atoms with Crippen molar-refractivity contribution in [1.29, 1.82) is 0 Å². The number of hydrogen-bond donors (Lipinski definition) is 3. The monoisotopic (exact) mass is 463 g/mol. The van der Waals surface area contributed by atoms with Crippen LogP contribution < -0.4 is 25.6 Å². The van der Waals surface area contributed by atoms with Gasteiger partial charge in [0.2, 0.25) is 0 Å². The summed E-state index contributed by atoms with van der Waals surface area (Å²) >= 11 is 5.08. The first-order valence-corrected chi connectivity index (χ1v) is 10.8. The molecule has 0 radical (unpaired) electrons. The third-order valence-electron chi connectivity index (χ3n) is 4.37. The molecule has 0 spiro atoms. The predicted octanol–water partition coefficient (Wildman–Crippen LogP) is 4.00. The van der Waals surface area contributed by atoms with Gasteiger partial charge in [0.05, 0.1) is 6.10 Å². The maximum atomic E-state index is 12.3. The minimum absolute atomic E-state index is 0.0290. The van der Waals surface area contributed by atoms with Gasteiger partial charge in [-0.25, -0.2) is 0 Å². The van der Waals surface area contributed by atoms with Gasteiger partial charge in [-0.05, 0) is 80.2 Å². The Morgan fingerprint density at radius 2 is 1.36 bits per heavy atom. The van der Waals surface area contributed by atoms with E-state index in [0.29, 0.717) is 29.2 Å². The number of benzene rings is 3. The maximum Gasteiger partial charge on any atom is 0.269 e. The summed E-state index contributed by atoms with van der Waals surface area (Å²) < 4.78 is 11.3. The van der Waals surface area contributed by atoms with E-state index in [4.69, 9.17) is 21.7 Å². The van der Waals surface area contributed by atoms with E-state index in [1.54, 1.807) is 48.5 Å². The van der Waals surface area contributed by atoms with Gasteiger partial charge in [-0.1, -0.05) is 30.3 Å². The van der Waals surface area contributed by atoms with Crippen molar-refractivity contribution in [2.24, 2.45) is 0 Å². The summed E-state index contributed by atoms with van der Waals surface area (Å²) in [4.78, 5) is 24.6. The first-order valence-electron chi connectivity index (χ1n) is 10.4. The highest BCUT2D eigenvalue weighted by atomic mass is 32.1. The van der Waals surface area contributed by atoms with Gasteiger partial charge in [-0.15, -0.1) is 0 Å². The zero-order valence-electron chi connectivity index (χ0n) is 18.3. The molecule has 2 amide bonds. The van der Waals surface area contributed by atoms with E-state index in [0.717, 1.165) is 5.56 Å². The van der Waals surface area contributed by atoms with Gasteiger partial charge in [-0.3, -0.25) is 25.8 Å². The molecular formula is C25H25N3O4S. The van der Waals surface area contributed by atoms with E-state index in [-0.39, 0.29) is 11.2 Å². The lowest BCUT2D eigenvalue weighted by Gasteiger charge is -2.12. The van der Waals surface area contributed by atoms with Crippen LogP contribution in [-0.2, 0) is 6.61 Å². The molecular weight excluding hydrogens is 438 g/mol. The molecule has 0 unspecified atom stereocenters. The first kappa shape index (κ1) is 23.7. The van der Waals surface area contributed by atoms with Crippen molar-refractivity contribution in [3.05, 3.63) is 95.6 Å². The van der Waals surface area contributed by atoms with Crippen molar-refractivity contribution in [2.75, 3.05) is 0 Å². The minimum Gasteiger partial charge on any atom is -0.491 e. The number of hydrogen-bond acceptors (Lipinski definition) is 5. The molecule has 0 aliphatic rings. The summed E-state index contributed by atoms with van der Waals surface area (Å²) in [5.74, 6) is 0.510. The van der Waals surface area contributed by atoms with E-state index >= 15 is 0 Å². The third-order valence-corrected chi connectivity index (χ3v) is 4.57. The zero-order valence-corrected chi connectivity index (χ0v) is 19.1. The van der Waals surface area contributed by atoms with Crippen LogP contribution in [0.1, 0.15) is 40.1 Å². The Morgan fingerprint density at radius 3 is 1.97 bits per heavy atom. The Kier molecular flexibility index (Phi) is 8.37. The molecule has 7 nitrogen and oxygen atoms in total. The van der Waals surface area contributed by atoms with Crippen LogP contribution >= 0.6 is 12.2 Å². The molecule has 0 aromatic heterocycles. The van der Waals surface area contributed by atoms with E-state index in [9.17, 15) is 9.59 Å². The fraction of sp³-hybridized carbons (Fsp3) is 0.160. The number of nitrogens with one attached hydrogen (secondary N) is 3. The van der Waals surface area contributed by atoms with Crippen LogP contribution in [0.5, 0.6) is 11.5 Å². The zero-order chi connectivity index (χ0) is 23.6. The molecule has 0 saturated carbocycles. The number of rotatable bonds is 7. The Bertz CT molecular complexity index is 1080. The Hall–Kier alpha value is -3.91. The smallest absolute Gasteiger partial charge is 0.269 e. The molecule has 170 valence electrons. The topological polar surface area (TPSA) is 88.7 Å². The summed E-state index contributed by atoms with van der Waals surface area (Å²) in [7, 11) is 0. The van der Waals surface area contributed by atoms with Crippen LogP contribution in [0.4, 0.5) is 0 Å². The van der Waals surface area contributed by atoms with Crippen LogP contribution in [0.25, 0.3) is 0 Å². The average Bonchev–Trinajstić information content (AvgIpc) is 2.82. The van der Waals surface area contributed by atoms with Gasteiger partial charge in [0, 0.05) is 11.1 Å². The third kappa shape index (κ3) is 7.62. The number of carbonyl (C=O) groups excluding carboxylic acids is 2. The molecule has 0 bridgehead atoms. The summed E-state index contributed by atoms with van der Waals surface area (Å²) in [6.07, 6.45) is 0.0445. The highest BCUT2D eigenvalue weighted by molar-refractivity contribution is 7.80. The van der Waals surface area contributed by atoms with Crippen molar-refractivity contribution in [3.63, 3.8) is 0 Å². The average molecular weight is 464 g/mol. The molecule has 0 aliphatic heterocycles. The van der Waals surface area contributed by atoms with Gasteiger partial charge >= 0.3 is 0 Å². The Morgan fingerprint density at radius 1 is 0.788 bits per heavy atom. The second-order valence-corrected chi connectivity index (χ2v) is 7.76. The van der Waals surface area contributed by atoms with Gasteiger partial charge < -0.3 is 9.47 Å². The van der Waals surface area contributed by atoms with Crippen LogP contribution in [0.2, 0.25) is 0 Å². The van der Waals surface area contributed by atoms with Gasteiger partial charge in [0.1, 0.15) is 18.1 Å². The van der Waals surface area contributed by atoms with Crippen LogP contribution in [0, 0.1) is 0 Å². The van der Waals surface area contributed by atoms with Crippen molar-refractivity contribution in [2.45, 2.75) is 26.6 Å². The standard InChI is InChI=1S/C25H25N3O4S/c1-17(2)32-22-14-10-19(11-15-22)23(29)26-25(33)28-27-24(30)20-8-12-21(13-9-20)31-16-18-6-4-3-5-7-18/h3-15,17H,16H2,1-2H3,(H,27,30)(H2,26,28,29,33). The molecule has 3 aromatic carbocycles. The molecule has 3 aromatic rings. The predicted molar refractivity (Wildman–Crippen MR) is 130 cm³/mol. The van der Waals surface area contributed by atoms with Crippen molar-refractivity contribution < 1.29 is 19.1 Å².